The lowest BCUT2D eigenvalue weighted by Gasteiger charge is -2.25. The van der Waals surface area contributed by atoms with Crippen LogP contribution in [0.25, 0.3) is 0 Å². The Hall–Kier alpha value is -1.03. The monoisotopic (exact) mass is 210 g/mol. The Labute approximate surface area is 87.8 Å². The second-order valence-corrected chi connectivity index (χ2v) is 4.67. The number of anilines is 2. The Morgan fingerprint density at radius 3 is 2.86 bits per heavy atom. The molecule has 0 amide bonds. The van der Waals surface area contributed by atoms with Crippen molar-refractivity contribution in [3.05, 3.63) is 12.1 Å². The highest BCUT2D eigenvalue weighted by molar-refractivity contribution is 8.00. The minimum Gasteiger partial charge on any atom is -0.489 e. The molecule has 0 aliphatic carbocycles. The van der Waals surface area contributed by atoms with Crippen molar-refractivity contribution in [3.63, 3.8) is 0 Å². The molecule has 1 aliphatic heterocycles. The summed E-state index contributed by atoms with van der Waals surface area (Å²) in [7, 11) is 0. The summed E-state index contributed by atoms with van der Waals surface area (Å²) in [5.41, 5.74) is 13.1. The van der Waals surface area contributed by atoms with Gasteiger partial charge in [-0.1, -0.05) is 6.92 Å². The van der Waals surface area contributed by atoms with E-state index in [4.69, 9.17) is 16.2 Å². The number of ether oxygens (including phenoxy) is 1. The van der Waals surface area contributed by atoms with Crippen molar-refractivity contribution < 1.29 is 4.74 Å². The first-order valence-electron chi connectivity index (χ1n) is 4.69. The standard InChI is InChI=1S/C10H14N2OS/c1-2-6-5-13-9-7(11)3-4-8(12)10(9)14-6/h3-4,6H,2,5,11-12H2,1H3. The summed E-state index contributed by atoms with van der Waals surface area (Å²) in [4.78, 5) is 1.00. The minimum absolute atomic E-state index is 0.492. The third-order valence-electron chi connectivity index (χ3n) is 2.33. The molecule has 3 nitrogen and oxygen atoms in total. The van der Waals surface area contributed by atoms with E-state index in [2.05, 4.69) is 6.92 Å². The summed E-state index contributed by atoms with van der Waals surface area (Å²) in [6, 6.07) is 3.63. The largest absolute Gasteiger partial charge is 0.489 e. The summed E-state index contributed by atoms with van der Waals surface area (Å²) in [6.07, 6.45) is 1.08. The highest BCUT2D eigenvalue weighted by Crippen LogP contribution is 2.44. The quantitative estimate of drug-likeness (QED) is 0.697. The van der Waals surface area contributed by atoms with Crippen LogP contribution in [0.4, 0.5) is 11.4 Å². The second-order valence-electron chi connectivity index (χ2n) is 3.36. The molecule has 0 saturated carbocycles. The van der Waals surface area contributed by atoms with Crippen molar-refractivity contribution in [3.8, 4) is 5.75 Å². The van der Waals surface area contributed by atoms with E-state index < -0.39 is 0 Å². The van der Waals surface area contributed by atoms with E-state index in [1.807, 2.05) is 6.07 Å². The van der Waals surface area contributed by atoms with E-state index >= 15 is 0 Å². The fourth-order valence-electron chi connectivity index (χ4n) is 1.44. The SMILES string of the molecule is CCC1COc2c(N)ccc(N)c2S1. The van der Waals surface area contributed by atoms with Gasteiger partial charge in [0.05, 0.1) is 10.6 Å². The zero-order chi connectivity index (χ0) is 10.1. The van der Waals surface area contributed by atoms with Crippen LogP contribution >= 0.6 is 11.8 Å². The predicted octanol–water partition coefficient (Wildman–Crippen LogP) is 2.11. The molecular formula is C10H14N2OS. The molecule has 1 aromatic carbocycles. The number of hydrogen-bond donors (Lipinski definition) is 2. The van der Waals surface area contributed by atoms with E-state index in [1.165, 1.54) is 0 Å². The molecule has 0 aromatic heterocycles. The number of hydrogen-bond acceptors (Lipinski definition) is 4. The van der Waals surface area contributed by atoms with Crippen molar-refractivity contribution in [2.75, 3.05) is 18.1 Å². The number of nitrogens with two attached hydrogens (primary N) is 2. The lowest BCUT2D eigenvalue weighted by atomic mass is 10.2. The zero-order valence-corrected chi connectivity index (χ0v) is 8.93. The lowest BCUT2D eigenvalue weighted by molar-refractivity contribution is 0.302. The molecule has 0 saturated heterocycles. The van der Waals surface area contributed by atoms with Crippen molar-refractivity contribution in [2.24, 2.45) is 0 Å². The maximum atomic E-state index is 5.87. The lowest BCUT2D eigenvalue weighted by Crippen LogP contribution is -2.19. The summed E-state index contributed by atoms with van der Waals surface area (Å²) < 4.78 is 5.61. The molecule has 4 heteroatoms. The van der Waals surface area contributed by atoms with Gasteiger partial charge in [0.25, 0.3) is 0 Å². The van der Waals surface area contributed by atoms with Crippen LogP contribution in [0.1, 0.15) is 13.3 Å². The summed E-state index contributed by atoms with van der Waals surface area (Å²) >= 11 is 1.77. The van der Waals surface area contributed by atoms with Crippen LogP contribution in [-0.2, 0) is 0 Å². The van der Waals surface area contributed by atoms with E-state index in [0.717, 1.165) is 29.4 Å². The molecule has 1 heterocycles. The van der Waals surface area contributed by atoms with E-state index in [1.54, 1.807) is 17.8 Å². The Balaban J connectivity index is 2.40. The third-order valence-corrected chi connectivity index (χ3v) is 3.79. The van der Waals surface area contributed by atoms with Crippen LogP contribution in [0, 0.1) is 0 Å². The van der Waals surface area contributed by atoms with Crippen molar-refractivity contribution in [1.29, 1.82) is 0 Å². The number of nitrogen functional groups attached to an aromatic ring is 2. The first kappa shape index (κ1) is 9.52. The molecule has 14 heavy (non-hydrogen) atoms. The maximum absolute atomic E-state index is 5.87. The first-order chi connectivity index (χ1) is 6.72. The normalized spacial score (nSPS) is 19.9. The number of fused-ring (bicyclic) bond motifs is 1. The van der Waals surface area contributed by atoms with E-state index in [9.17, 15) is 0 Å². The van der Waals surface area contributed by atoms with Gasteiger partial charge in [-0.2, -0.15) is 0 Å². The molecule has 1 unspecified atom stereocenters. The van der Waals surface area contributed by atoms with Gasteiger partial charge >= 0.3 is 0 Å². The van der Waals surface area contributed by atoms with Gasteiger partial charge in [0, 0.05) is 10.9 Å². The topological polar surface area (TPSA) is 61.3 Å². The molecule has 2 rings (SSSR count). The predicted molar refractivity (Wildman–Crippen MR) is 60.7 cm³/mol. The minimum atomic E-state index is 0.492. The Morgan fingerprint density at radius 1 is 1.43 bits per heavy atom. The average molecular weight is 210 g/mol. The van der Waals surface area contributed by atoms with E-state index in [0.29, 0.717) is 10.9 Å². The van der Waals surface area contributed by atoms with Gasteiger partial charge in [-0.25, -0.2) is 0 Å². The van der Waals surface area contributed by atoms with Crippen LogP contribution in [0.15, 0.2) is 17.0 Å². The van der Waals surface area contributed by atoms with Crippen molar-refractivity contribution in [1.82, 2.24) is 0 Å². The van der Waals surface area contributed by atoms with Gasteiger partial charge in [-0.15, -0.1) is 11.8 Å². The number of rotatable bonds is 1. The Kier molecular flexibility index (Phi) is 2.46. The van der Waals surface area contributed by atoms with Gasteiger partial charge < -0.3 is 16.2 Å². The van der Waals surface area contributed by atoms with Gasteiger partial charge in [0.15, 0.2) is 5.75 Å². The van der Waals surface area contributed by atoms with Crippen LogP contribution in [0.3, 0.4) is 0 Å². The maximum Gasteiger partial charge on any atom is 0.157 e. The van der Waals surface area contributed by atoms with Gasteiger partial charge in [-0.3, -0.25) is 0 Å². The van der Waals surface area contributed by atoms with Crippen molar-refractivity contribution >= 4 is 23.1 Å². The summed E-state index contributed by atoms with van der Waals surface area (Å²) in [5.74, 6) is 0.764. The van der Waals surface area contributed by atoms with E-state index in [-0.39, 0.29) is 0 Å². The summed E-state index contributed by atoms with van der Waals surface area (Å²) in [6.45, 7) is 2.87. The summed E-state index contributed by atoms with van der Waals surface area (Å²) in [5, 5.41) is 0.492. The molecule has 0 radical (unpaired) electrons. The Bertz CT molecular complexity index is 354. The average Bonchev–Trinajstić information content (AvgIpc) is 2.23. The highest BCUT2D eigenvalue weighted by Gasteiger charge is 2.22. The van der Waals surface area contributed by atoms with Gasteiger partial charge in [0.1, 0.15) is 6.61 Å². The third kappa shape index (κ3) is 1.50. The molecule has 76 valence electrons. The fraction of sp³-hybridized carbons (Fsp3) is 0.400. The second kappa shape index (κ2) is 3.61. The molecular weight excluding hydrogens is 196 g/mol. The zero-order valence-electron chi connectivity index (χ0n) is 8.12. The number of benzene rings is 1. The van der Waals surface area contributed by atoms with Crippen molar-refractivity contribution in [2.45, 2.75) is 23.5 Å². The molecule has 0 fully saturated rings. The molecule has 1 aromatic rings. The molecule has 1 atom stereocenters. The van der Waals surface area contributed by atoms with Crippen LogP contribution < -0.4 is 16.2 Å². The fourth-order valence-corrected chi connectivity index (χ4v) is 2.57. The first-order valence-corrected chi connectivity index (χ1v) is 5.57. The van der Waals surface area contributed by atoms with Crippen LogP contribution in [0.2, 0.25) is 0 Å². The smallest absolute Gasteiger partial charge is 0.157 e. The van der Waals surface area contributed by atoms with Crippen LogP contribution in [-0.4, -0.2) is 11.9 Å². The Morgan fingerprint density at radius 2 is 2.14 bits per heavy atom. The van der Waals surface area contributed by atoms with Gasteiger partial charge in [0.2, 0.25) is 0 Å². The molecule has 1 aliphatic rings. The molecule has 0 bridgehead atoms. The molecule has 0 spiro atoms. The molecule has 4 N–H and O–H groups in total. The number of thioether (sulfide) groups is 1. The van der Waals surface area contributed by atoms with Crippen LogP contribution in [0.5, 0.6) is 5.75 Å². The van der Waals surface area contributed by atoms with Gasteiger partial charge in [-0.05, 0) is 18.6 Å². The highest BCUT2D eigenvalue weighted by atomic mass is 32.2.